The fourth-order valence-corrected chi connectivity index (χ4v) is 9.79. The van der Waals surface area contributed by atoms with Gasteiger partial charge in [-0.3, -0.25) is 48.4 Å². The molecule has 0 aliphatic carbocycles. The summed E-state index contributed by atoms with van der Waals surface area (Å²) in [5, 5.41) is 14.2. The highest BCUT2D eigenvalue weighted by Gasteiger charge is 2.38. The molecule has 6 N–H and O–H groups in total. The van der Waals surface area contributed by atoms with E-state index in [0.717, 1.165) is 22.3 Å². The number of alkyl halides is 2. The first-order valence-electron chi connectivity index (χ1n) is 29.9. The Labute approximate surface area is 520 Å². The van der Waals surface area contributed by atoms with E-state index in [1.54, 1.807) is 74.7 Å². The van der Waals surface area contributed by atoms with Crippen molar-refractivity contribution in [2.45, 2.75) is 181 Å². The first-order chi connectivity index (χ1) is 40.8. The van der Waals surface area contributed by atoms with Crippen molar-refractivity contribution in [3.63, 3.8) is 0 Å². The highest BCUT2D eigenvalue weighted by atomic mass is 35.5. The van der Waals surface area contributed by atoms with Gasteiger partial charge < -0.3 is 40.2 Å². The molecule has 6 amide bonds. The van der Waals surface area contributed by atoms with Crippen LogP contribution >= 0.6 is 23.2 Å². The number of carbonyl (C=O) groups excluding carboxylic acids is 8. The zero-order chi connectivity index (χ0) is 64.2. The minimum absolute atomic E-state index is 0.198. The van der Waals surface area contributed by atoms with Gasteiger partial charge in [-0.25, -0.2) is 10.9 Å². The first-order valence-corrected chi connectivity index (χ1v) is 31.0. The number of fused-ring (bicyclic) bond motifs is 4. The van der Waals surface area contributed by atoms with Gasteiger partial charge in [0.2, 0.25) is 11.8 Å². The lowest BCUT2D eigenvalue weighted by molar-refractivity contribution is -0.166. The Morgan fingerprint density at radius 2 is 1.50 bits per heavy atom. The summed E-state index contributed by atoms with van der Waals surface area (Å²) >= 11 is 10.1. The van der Waals surface area contributed by atoms with E-state index in [0.29, 0.717) is 76.2 Å². The van der Waals surface area contributed by atoms with Crippen LogP contribution in [0.15, 0.2) is 73.8 Å². The van der Waals surface area contributed by atoms with E-state index in [4.69, 9.17) is 42.1 Å². The maximum absolute atomic E-state index is 13.2. The lowest BCUT2D eigenvalue weighted by Gasteiger charge is -2.35. The fraction of sp³-hybridized carbons (Fsp3) is 0.594. The largest absolute Gasteiger partial charge is 0.452 e. The third-order valence-electron chi connectivity index (χ3n) is 15.1. The number of cyclic esters (lactones) is 1. The second-order valence-electron chi connectivity index (χ2n) is 22.6. The molecule has 20 nitrogen and oxygen atoms in total. The average molecular weight is 1240 g/mol. The SMILES string of the molecule is C=CCC[C@@H](OC)[C@@H](C)C(=O)O[C@H](C(=O)N[C@@H](C)C(=O)N1CCC[C@@H](C(=O)N[C@H](C)c2cccc(C=C)c2)N1)C(C)C.CO[C@@H]1CC/C=C/c2cccc(c2)[C@@H](C)NC(=O)[C@@H]2CCCN(N2)C(=O)[C@H](C)NC(=O)[C@H](C(C)C)OC(=O)[C@@H]1C.ClCCCl. The Balaban J connectivity index is 0.000000424. The number of nitrogens with one attached hydrogen (secondary N) is 6. The third-order valence-corrected chi connectivity index (χ3v) is 15.7. The number of rotatable bonds is 18. The lowest BCUT2D eigenvalue weighted by atomic mass is 9.99. The van der Waals surface area contributed by atoms with E-state index in [-0.39, 0.29) is 47.7 Å². The smallest absolute Gasteiger partial charge is 0.312 e. The van der Waals surface area contributed by atoms with Gasteiger partial charge in [-0.15, -0.1) is 29.8 Å². The van der Waals surface area contributed by atoms with Crippen LogP contribution in [0.3, 0.4) is 0 Å². The number of amides is 6. The van der Waals surface area contributed by atoms with E-state index < -0.39 is 84.0 Å². The number of halogens is 2. The van der Waals surface area contributed by atoms with Crippen LogP contribution in [0.25, 0.3) is 12.2 Å². The summed E-state index contributed by atoms with van der Waals surface area (Å²) in [4.78, 5) is 105. The van der Waals surface area contributed by atoms with E-state index in [1.807, 2.05) is 74.5 Å². The molecule has 86 heavy (non-hydrogen) atoms. The third kappa shape index (κ3) is 23.5. The summed E-state index contributed by atoms with van der Waals surface area (Å²) in [5.41, 5.74) is 9.92. The fourth-order valence-electron chi connectivity index (χ4n) is 9.79. The minimum Gasteiger partial charge on any atom is -0.452 e. The van der Waals surface area contributed by atoms with Crippen molar-refractivity contribution in [2.24, 2.45) is 23.7 Å². The number of ether oxygens (including phenoxy) is 4. The summed E-state index contributed by atoms with van der Waals surface area (Å²) in [5.74, 6) is -4.06. The highest BCUT2D eigenvalue weighted by Crippen LogP contribution is 2.23. The molecule has 2 aromatic carbocycles. The highest BCUT2D eigenvalue weighted by molar-refractivity contribution is 6.25. The van der Waals surface area contributed by atoms with Crippen LogP contribution in [0.1, 0.15) is 155 Å². The quantitative estimate of drug-likeness (QED) is 0.0470. The van der Waals surface area contributed by atoms with Crippen LogP contribution < -0.4 is 32.1 Å². The number of methoxy groups -OCH3 is 2. The predicted octanol–water partition coefficient (Wildman–Crippen LogP) is 8.05. The van der Waals surface area contributed by atoms with Crippen LogP contribution in [0.4, 0.5) is 0 Å². The molecule has 0 aromatic heterocycles. The molecular weight excluding hydrogens is 1140 g/mol. The molecule has 12 atom stereocenters. The molecule has 3 aliphatic rings. The Kier molecular flexibility index (Phi) is 32.9. The number of hydrazine groups is 2. The summed E-state index contributed by atoms with van der Waals surface area (Å²) in [7, 11) is 3.09. The minimum atomic E-state index is -1.08. The zero-order valence-corrected chi connectivity index (χ0v) is 54.0. The number of allylic oxidation sites excluding steroid dienone is 2. The van der Waals surface area contributed by atoms with Crippen molar-refractivity contribution in [1.82, 2.24) is 42.1 Å². The van der Waals surface area contributed by atoms with E-state index in [1.165, 1.54) is 17.1 Å². The monoisotopic (exact) mass is 1240 g/mol. The Morgan fingerprint density at radius 3 is 2.13 bits per heavy atom. The van der Waals surface area contributed by atoms with Crippen LogP contribution in [-0.4, -0.2) is 145 Å². The summed E-state index contributed by atoms with van der Waals surface area (Å²) in [6.45, 7) is 25.8. The van der Waals surface area contributed by atoms with E-state index >= 15 is 0 Å². The molecule has 0 saturated carbocycles. The molecule has 3 aliphatic heterocycles. The molecule has 478 valence electrons. The van der Waals surface area contributed by atoms with Crippen molar-refractivity contribution >= 4 is 82.7 Å². The molecule has 3 heterocycles. The summed E-state index contributed by atoms with van der Waals surface area (Å²) < 4.78 is 22.3. The number of esters is 2. The van der Waals surface area contributed by atoms with Gasteiger partial charge in [0.1, 0.15) is 24.2 Å². The predicted molar refractivity (Wildman–Crippen MR) is 336 cm³/mol. The zero-order valence-electron chi connectivity index (χ0n) is 52.5. The Hall–Kier alpha value is -6.16. The van der Waals surface area contributed by atoms with Crippen LogP contribution in [0.5, 0.6) is 0 Å². The second kappa shape index (κ2) is 38.2. The lowest BCUT2D eigenvalue weighted by Crippen LogP contribution is -2.61. The van der Waals surface area contributed by atoms with Gasteiger partial charge in [0.25, 0.3) is 23.6 Å². The second-order valence-corrected chi connectivity index (χ2v) is 23.4. The molecular formula is C64H96Cl2N8O12. The molecule has 22 heteroatoms. The summed E-state index contributed by atoms with van der Waals surface area (Å²) in [6, 6.07) is 12.2. The number of hydrogen-bond donors (Lipinski definition) is 6. The topological polar surface area (TPSA) is 252 Å². The molecule has 4 bridgehead atoms. The number of carbonyl (C=O) groups is 8. The van der Waals surface area contributed by atoms with Gasteiger partial charge in [0.15, 0.2) is 12.2 Å². The normalized spacial score (nSPS) is 23.6. The number of nitrogens with zero attached hydrogens (tertiary/aromatic N) is 2. The van der Waals surface area contributed by atoms with E-state index in [9.17, 15) is 38.4 Å². The summed E-state index contributed by atoms with van der Waals surface area (Å²) in [6.07, 6.45) is 9.56. The van der Waals surface area contributed by atoms with Gasteiger partial charge in [0.05, 0.1) is 36.1 Å². The van der Waals surface area contributed by atoms with Crippen molar-refractivity contribution in [3.05, 3.63) is 96.1 Å². The van der Waals surface area contributed by atoms with Crippen molar-refractivity contribution in [1.29, 1.82) is 0 Å². The molecule has 5 rings (SSSR count). The molecule has 0 unspecified atom stereocenters. The van der Waals surface area contributed by atoms with Gasteiger partial charge in [-0.2, -0.15) is 0 Å². The molecule has 0 spiro atoms. The number of benzene rings is 2. The van der Waals surface area contributed by atoms with Crippen LogP contribution in [-0.2, 0) is 57.3 Å². The average Bonchev–Trinajstić information content (AvgIpc) is 3.46. The maximum atomic E-state index is 13.2. The maximum Gasteiger partial charge on any atom is 0.312 e. The van der Waals surface area contributed by atoms with Crippen molar-refractivity contribution in [3.8, 4) is 0 Å². The van der Waals surface area contributed by atoms with Crippen LogP contribution in [0.2, 0.25) is 0 Å². The molecule has 2 aromatic rings. The Morgan fingerprint density at radius 1 is 0.826 bits per heavy atom. The van der Waals surface area contributed by atoms with Crippen molar-refractivity contribution in [2.75, 3.05) is 39.1 Å². The van der Waals surface area contributed by atoms with E-state index in [2.05, 4.69) is 45.3 Å². The van der Waals surface area contributed by atoms with Gasteiger partial charge in [-0.1, -0.05) is 95.0 Å². The van der Waals surface area contributed by atoms with Gasteiger partial charge >= 0.3 is 11.9 Å². The molecule has 2 saturated heterocycles. The molecule has 2 fully saturated rings. The standard InChI is InChI=1S/C32H48N4O6.C30H44N4O6.C2H4Cl2/c1-9-11-17-27(41-8)21(5)32(40)42-28(20(3)4)30(38)34-23(7)31(39)36-18-13-16-26(35-36)29(37)33-22(6)25-15-12-14-24(10-2)19-25;1-18(2)26-28(36)32-21(5)29(37)34-16-10-14-24(33-34)27(35)31-20(4)23-13-9-12-22(17-23)11-7-8-15-25(39-6)19(3)30(38)40-26;3-1-2-4/h9-10,12,14-15,19-23,26-28,35H,1-2,11,13,16-18H2,3-8H3,(H,33,37)(H,34,38);7,9,11-13,17-21,24-26,33H,8,10,14-16H2,1-6H3,(H,31,35)(H,32,36);1-2H2/b;11-7+;/t21-,22-,23+,26+,27-,28+;19-,20-,21+,24+,25-,26+;/m11./s1. The van der Waals surface area contributed by atoms with Gasteiger partial charge in [-0.05, 0) is 139 Å². The first kappa shape index (κ1) is 74.1. The number of hydrogen-bond acceptors (Lipinski definition) is 14. The Bertz CT molecular complexity index is 2580. The van der Waals surface area contributed by atoms with Crippen molar-refractivity contribution < 1.29 is 57.3 Å². The molecule has 0 radical (unpaired) electrons. The van der Waals surface area contributed by atoms with Crippen LogP contribution in [0, 0.1) is 23.7 Å². The van der Waals surface area contributed by atoms with Gasteiger partial charge in [0, 0.05) is 39.1 Å².